The summed E-state index contributed by atoms with van der Waals surface area (Å²) in [5, 5.41) is 11.7. The first-order valence-electron chi connectivity index (χ1n) is 8.99. The van der Waals surface area contributed by atoms with Gasteiger partial charge in [0.05, 0.1) is 27.7 Å². The van der Waals surface area contributed by atoms with Crippen molar-refractivity contribution < 1.29 is 4.79 Å². The molecule has 3 aromatic rings. The van der Waals surface area contributed by atoms with Crippen molar-refractivity contribution in [3.63, 3.8) is 0 Å². The Morgan fingerprint density at radius 3 is 2.92 bits per heavy atom. The molecule has 1 saturated heterocycles. The Morgan fingerprint density at radius 2 is 2.27 bits per heavy atom. The Morgan fingerprint density at radius 1 is 1.42 bits per heavy atom. The number of nitrogens with one attached hydrogen (secondary N) is 2. The molecule has 1 unspecified atom stereocenters. The van der Waals surface area contributed by atoms with Crippen LogP contribution in [0, 0.1) is 6.92 Å². The zero-order valence-corrected chi connectivity index (χ0v) is 16.1. The molecular formula is C19H23N5OS. The van der Waals surface area contributed by atoms with Gasteiger partial charge in [-0.15, -0.1) is 11.3 Å². The lowest BCUT2D eigenvalue weighted by molar-refractivity contribution is 0.0941. The second kappa shape index (κ2) is 6.81. The molecule has 1 aliphatic rings. The minimum Gasteiger partial charge on any atom is -0.348 e. The summed E-state index contributed by atoms with van der Waals surface area (Å²) in [5.41, 5.74) is 2.24. The quantitative estimate of drug-likeness (QED) is 0.741. The van der Waals surface area contributed by atoms with Crippen LogP contribution in [-0.4, -0.2) is 39.8 Å². The average molecular weight is 369 g/mol. The molecule has 1 atom stereocenters. The Hall–Kier alpha value is -2.25. The highest BCUT2D eigenvalue weighted by Crippen LogP contribution is 2.30. The first kappa shape index (κ1) is 17.2. The number of thiophene rings is 1. The standard InChI is InChI=1S/C19H23N5OS/c1-11(2)24-18-15(10-21-24)14(19(25)22-13-6-7-20-9-13)8-16(23-18)17-5-4-12(3)26-17/h4-5,8,10-11,13,20H,6-7,9H2,1-3H3,(H,22,25). The van der Waals surface area contributed by atoms with E-state index in [1.54, 1.807) is 17.5 Å². The lowest BCUT2D eigenvalue weighted by Gasteiger charge is -2.13. The predicted octanol–water partition coefficient (Wildman–Crippen LogP) is 3.14. The number of hydrogen-bond donors (Lipinski definition) is 2. The molecule has 7 heteroatoms. The molecule has 0 aromatic carbocycles. The van der Waals surface area contributed by atoms with E-state index < -0.39 is 0 Å². The smallest absolute Gasteiger partial charge is 0.252 e. The van der Waals surface area contributed by atoms with Gasteiger partial charge in [-0.25, -0.2) is 9.67 Å². The van der Waals surface area contributed by atoms with Crippen LogP contribution in [0.3, 0.4) is 0 Å². The lowest BCUT2D eigenvalue weighted by atomic mass is 10.1. The molecule has 0 spiro atoms. The van der Waals surface area contributed by atoms with Crippen molar-refractivity contribution in [3.05, 3.63) is 34.8 Å². The highest BCUT2D eigenvalue weighted by molar-refractivity contribution is 7.15. The summed E-state index contributed by atoms with van der Waals surface area (Å²) in [5.74, 6) is -0.0519. The molecule has 0 saturated carbocycles. The van der Waals surface area contributed by atoms with Gasteiger partial charge in [0.15, 0.2) is 5.65 Å². The van der Waals surface area contributed by atoms with Crippen LogP contribution in [0.2, 0.25) is 0 Å². The van der Waals surface area contributed by atoms with E-state index in [9.17, 15) is 4.79 Å². The summed E-state index contributed by atoms with van der Waals surface area (Å²) in [6.07, 6.45) is 2.72. The molecule has 0 aliphatic carbocycles. The maximum Gasteiger partial charge on any atom is 0.252 e. The predicted molar refractivity (Wildman–Crippen MR) is 105 cm³/mol. The molecule has 0 bridgehead atoms. The van der Waals surface area contributed by atoms with Gasteiger partial charge in [-0.3, -0.25) is 4.79 Å². The van der Waals surface area contributed by atoms with Gasteiger partial charge in [0, 0.05) is 23.5 Å². The first-order chi connectivity index (χ1) is 12.5. The van der Waals surface area contributed by atoms with Crippen LogP contribution in [-0.2, 0) is 0 Å². The summed E-state index contributed by atoms with van der Waals surface area (Å²) in [4.78, 5) is 20.1. The van der Waals surface area contributed by atoms with Crippen LogP contribution >= 0.6 is 11.3 Å². The van der Waals surface area contributed by atoms with Crippen LogP contribution in [0.4, 0.5) is 0 Å². The number of aromatic nitrogens is 3. The topological polar surface area (TPSA) is 71.8 Å². The minimum absolute atomic E-state index is 0.0519. The number of amides is 1. The largest absolute Gasteiger partial charge is 0.348 e. The van der Waals surface area contributed by atoms with Crippen molar-refractivity contribution in [2.75, 3.05) is 13.1 Å². The van der Waals surface area contributed by atoms with Gasteiger partial charge in [-0.05, 0) is 51.9 Å². The molecule has 2 N–H and O–H groups in total. The van der Waals surface area contributed by atoms with Gasteiger partial charge in [0.2, 0.25) is 0 Å². The summed E-state index contributed by atoms with van der Waals surface area (Å²) >= 11 is 1.69. The second-order valence-electron chi connectivity index (χ2n) is 7.05. The van der Waals surface area contributed by atoms with Crippen molar-refractivity contribution in [2.45, 2.75) is 39.3 Å². The van der Waals surface area contributed by atoms with Crippen molar-refractivity contribution in [1.29, 1.82) is 0 Å². The fraction of sp³-hybridized carbons (Fsp3) is 0.421. The van der Waals surface area contributed by atoms with Crippen LogP contribution in [0.1, 0.15) is 41.5 Å². The fourth-order valence-corrected chi connectivity index (χ4v) is 4.15. The maximum absolute atomic E-state index is 13.0. The highest BCUT2D eigenvalue weighted by Gasteiger charge is 2.22. The molecule has 1 aliphatic heterocycles. The van der Waals surface area contributed by atoms with E-state index in [1.807, 2.05) is 10.7 Å². The highest BCUT2D eigenvalue weighted by atomic mass is 32.1. The molecule has 4 rings (SSSR count). The van der Waals surface area contributed by atoms with Gasteiger partial charge >= 0.3 is 0 Å². The molecule has 6 nitrogen and oxygen atoms in total. The zero-order valence-electron chi connectivity index (χ0n) is 15.2. The Bertz CT molecular complexity index is 952. The van der Waals surface area contributed by atoms with Crippen LogP contribution in [0.15, 0.2) is 24.4 Å². The zero-order chi connectivity index (χ0) is 18.3. The molecule has 136 valence electrons. The van der Waals surface area contributed by atoms with Gasteiger partial charge in [0.25, 0.3) is 5.91 Å². The SMILES string of the molecule is Cc1ccc(-c2cc(C(=O)NC3CCNC3)c3cnn(C(C)C)c3n2)s1. The normalized spacial score (nSPS) is 17.3. The van der Waals surface area contributed by atoms with E-state index in [-0.39, 0.29) is 18.0 Å². The molecular weight excluding hydrogens is 346 g/mol. The fourth-order valence-electron chi connectivity index (χ4n) is 3.32. The summed E-state index contributed by atoms with van der Waals surface area (Å²) < 4.78 is 1.88. The number of carbonyl (C=O) groups excluding carboxylic acids is 1. The number of pyridine rings is 1. The maximum atomic E-state index is 13.0. The monoisotopic (exact) mass is 369 g/mol. The van der Waals surface area contributed by atoms with E-state index in [0.717, 1.165) is 41.1 Å². The lowest BCUT2D eigenvalue weighted by Crippen LogP contribution is -2.36. The van der Waals surface area contributed by atoms with E-state index >= 15 is 0 Å². The molecule has 0 radical (unpaired) electrons. The average Bonchev–Trinajstić information content (AvgIpc) is 3.33. The Labute approximate surface area is 156 Å². The van der Waals surface area contributed by atoms with Crippen LogP contribution in [0.5, 0.6) is 0 Å². The van der Waals surface area contributed by atoms with Gasteiger partial charge < -0.3 is 10.6 Å². The third kappa shape index (κ3) is 3.12. The van der Waals surface area contributed by atoms with E-state index in [2.05, 4.69) is 48.6 Å². The van der Waals surface area contributed by atoms with E-state index in [1.165, 1.54) is 4.88 Å². The third-order valence-corrected chi connectivity index (χ3v) is 5.71. The summed E-state index contributed by atoms with van der Waals surface area (Å²) in [7, 11) is 0. The number of aryl methyl sites for hydroxylation is 1. The number of fused-ring (bicyclic) bond motifs is 1. The van der Waals surface area contributed by atoms with Gasteiger partial charge in [-0.1, -0.05) is 0 Å². The number of rotatable bonds is 4. The number of nitrogens with zero attached hydrogens (tertiary/aromatic N) is 3. The first-order valence-corrected chi connectivity index (χ1v) is 9.81. The Balaban J connectivity index is 1.82. The van der Waals surface area contributed by atoms with Crippen molar-refractivity contribution in [3.8, 4) is 10.6 Å². The molecule has 3 aromatic heterocycles. The summed E-state index contributed by atoms with van der Waals surface area (Å²) in [6, 6.07) is 6.40. The minimum atomic E-state index is -0.0519. The number of carbonyl (C=O) groups is 1. The summed E-state index contributed by atoms with van der Waals surface area (Å²) in [6.45, 7) is 7.98. The van der Waals surface area contributed by atoms with Gasteiger partial charge in [0.1, 0.15) is 0 Å². The van der Waals surface area contributed by atoms with Crippen molar-refractivity contribution >= 4 is 28.3 Å². The molecule has 26 heavy (non-hydrogen) atoms. The van der Waals surface area contributed by atoms with Crippen molar-refractivity contribution in [1.82, 2.24) is 25.4 Å². The van der Waals surface area contributed by atoms with Gasteiger partial charge in [-0.2, -0.15) is 5.10 Å². The second-order valence-corrected chi connectivity index (χ2v) is 8.34. The van der Waals surface area contributed by atoms with Crippen LogP contribution in [0.25, 0.3) is 21.6 Å². The van der Waals surface area contributed by atoms with E-state index in [4.69, 9.17) is 4.98 Å². The third-order valence-electron chi connectivity index (χ3n) is 4.69. The van der Waals surface area contributed by atoms with Crippen LogP contribution < -0.4 is 10.6 Å². The molecule has 1 amide bonds. The molecule has 1 fully saturated rings. The number of hydrogen-bond acceptors (Lipinski definition) is 5. The molecule has 4 heterocycles. The van der Waals surface area contributed by atoms with Crippen molar-refractivity contribution in [2.24, 2.45) is 0 Å². The Kier molecular flexibility index (Phi) is 4.50. The van der Waals surface area contributed by atoms with E-state index in [0.29, 0.717) is 5.56 Å².